The Balaban J connectivity index is 1.45. The fraction of sp³-hybridized carbons (Fsp3) is 0.192. The number of para-hydroxylation sites is 1. The minimum atomic E-state index is 0.448. The number of thioether (sulfide) groups is 1. The third-order valence-electron chi connectivity index (χ3n) is 5.54. The summed E-state index contributed by atoms with van der Waals surface area (Å²) in [6, 6.07) is 17.8. The zero-order chi connectivity index (χ0) is 24.2. The Morgan fingerprint density at radius 1 is 0.971 bits per heavy atom. The number of nitrogens with zero attached hydrogens (tertiary/aromatic N) is 6. The lowest BCUT2D eigenvalue weighted by Crippen LogP contribution is -2.01. The predicted molar refractivity (Wildman–Crippen MR) is 135 cm³/mol. The van der Waals surface area contributed by atoms with Gasteiger partial charge in [-0.05, 0) is 68.3 Å². The lowest BCUT2D eigenvalue weighted by atomic mass is 10.1. The molecule has 0 aliphatic carbocycles. The first-order valence-corrected chi connectivity index (χ1v) is 12.2. The van der Waals surface area contributed by atoms with Gasteiger partial charge in [-0.3, -0.25) is 9.55 Å². The van der Waals surface area contributed by atoms with Gasteiger partial charge in [0.05, 0.1) is 23.6 Å². The number of aromatic nitrogens is 6. The van der Waals surface area contributed by atoms with Crippen molar-refractivity contribution in [1.29, 1.82) is 0 Å². The molecule has 8 nitrogen and oxygen atoms in total. The minimum Gasteiger partial charge on any atom is -0.493 e. The average molecular weight is 485 g/mol. The smallest absolute Gasteiger partial charge is 0.237 e. The van der Waals surface area contributed by atoms with Crippen molar-refractivity contribution in [1.82, 2.24) is 29.9 Å². The molecule has 3 aromatic heterocycles. The zero-order valence-corrected chi connectivity index (χ0v) is 20.5. The van der Waals surface area contributed by atoms with Crippen molar-refractivity contribution in [2.45, 2.75) is 31.7 Å². The Morgan fingerprint density at radius 2 is 1.80 bits per heavy atom. The number of rotatable bonds is 8. The van der Waals surface area contributed by atoms with Gasteiger partial charge in [0.15, 0.2) is 11.0 Å². The second-order valence-corrected chi connectivity index (χ2v) is 8.82. The maximum Gasteiger partial charge on any atom is 0.237 e. The molecule has 0 N–H and O–H groups in total. The van der Waals surface area contributed by atoms with Crippen molar-refractivity contribution in [3.8, 4) is 34.2 Å². The molecule has 35 heavy (non-hydrogen) atoms. The zero-order valence-electron chi connectivity index (χ0n) is 19.7. The second kappa shape index (κ2) is 10.1. The molecule has 3 heterocycles. The van der Waals surface area contributed by atoms with E-state index in [1.165, 1.54) is 22.9 Å². The Bertz CT molecular complexity index is 1450. The number of aryl methyl sites for hydroxylation is 2. The van der Waals surface area contributed by atoms with Gasteiger partial charge >= 0.3 is 0 Å². The number of ether oxygens (including phenoxy) is 1. The molecular formula is C26H24N6O2S. The van der Waals surface area contributed by atoms with Crippen LogP contribution in [0.25, 0.3) is 28.5 Å². The van der Waals surface area contributed by atoms with Gasteiger partial charge in [-0.1, -0.05) is 35.1 Å². The Morgan fingerprint density at radius 3 is 2.60 bits per heavy atom. The van der Waals surface area contributed by atoms with Crippen LogP contribution in [0, 0.1) is 13.8 Å². The van der Waals surface area contributed by atoms with Gasteiger partial charge in [0.2, 0.25) is 11.7 Å². The molecule has 0 aliphatic rings. The molecule has 176 valence electrons. The standard InChI is InChI=1S/C26H24N6O2S/c1-4-33-22-8-6-5-7-21(22)24-28-23(34-31-24)16-35-26-30-29-25(19-11-13-27-14-12-19)32(26)20-10-9-17(2)18(3)15-20/h5-15H,4,16H2,1-3H3. The SMILES string of the molecule is CCOc1ccccc1-c1noc(CSc2nnc(-c3ccncc3)n2-c2ccc(C)c(C)c2)n1. The van der Waals surface area contributed by atoms with E-state index in [0.29, 0.717) is 24.1 Å². The van der Waals surface area contributed by atoms with Crippen molar-refractivity contribution in [2.24, 2.45) is 0 Å². The monoisotopic (exact) mass is 484 g/mol. The van der Waals surface area contributed by atoms with Crippen molar-refractivity contribution < 1.29 is 9.26 Å². The summed E-state index contributed by atoms with van der Waals surface area (Å²) < 4.78 is 13.3. The highest BCUT2D eigenvalue weighted by Gasteiger charge is 2.19. The molecule has 0 spiro atoms. The van der Waals surface area contributed by atoms with E-state index in [4.69, 9.17) is 9.26 Å². The molecule has 2 aromatic carbocycles. The number of benzene rings is 2. The van der Waals surface area contributed by atoms with Crippen LogP contribution in [0.15, 0.2) is 76.7 Å². The molecule has 5 aromatic rings. The molecule has 0 saturated carbocycles. The summed E-state index contributed by atoms with van der Waals surface area (Å²) in [5.41, 5.74) is 5.15. The normalized spacial score (nSPS) is 11.1. The molecule has 0 unspecified atom stereocenters. The molecule has 0 saturated heterocycles. The van der Waals surface area contributed by atoms with Gasteiger partial charge in [0.25, 0.3) is 0 Å². The Kier molecular flexibility index (Phi) is 6.58. The fourth-order valence-electron chi connectivity index (χ4n) is 3.63. The van der Waals surface area contributed by atoms with Crippen LogP contribution >= 0.6 is 11.8 Å². The lowest BCUT2D eigenvalue weighted by Gasteiger charge is -2.11. The highest BCUT2D eigenvalue weighted by molar-refractivity contribution is 7.98. The first-order valence-electron chi connectivity index (χ1n) is 11.2. The third kappa shape index (κ3) is 4.81. The predicted octanol–water partition coefficient (Wildman–Crippen LogP) is 5.69. The molecule has 0 atom stereocenters. The second-order valence-electron chi connectivity index (χ2n) is 7.88. The average Bonchev–Trinajstić information content (AvgIpc) is 3.53. The van der Waals surface area contributed by atoms with Crippen LogP contribution in [0.5, 0.6) is 5.75 Å². The van der Waals surface area contributed by atoms with Crippen LogP contribution in [0.2, 0.25) is 0 Å². The maximum atomic E-state index is 5.70. The topological polar surface area (TPSA) is 91.8 Å². The third-order valence-corrected chi connectivity index (χ3v) is 6.45. The largest absolute Gasteiger partial charge is 0.493 e. The Labute approximate surface area is 207 Å². The molecular weight excluding hydrogens is 460 g/mol. The van der Waals surface area contributed by atoms with Crippen molar-refractivity contribution in [3.05, 3.63) is 84.0 Å². The maximum absolute atomic E-state index is 5.70. The van der Waals surface area contributed by atoms with Gasteiger partial charge in [0, 0.05) is 18.0 Å². The summed E-state index contributed by atoms with van der Waals surface area (Å²) in [4.78, 5) is 8.71. The van der Waals surface area contributed by atoms with Crippen molar-refractivity contribution in [3.63, 3.8) is 0 Å². The van der Waals surface area contributed by atoms with Gasteiger partial charge in [-0.2, -0.15) is 4.98 Å². The van der Waals surface area contributed by atoms with Gasteiger partial charge < -0.3 is 9.26 Å². The van der Waals surface area contributed by atoms with Crippen LogP contribution in [0.3, 0.4) is 0 Å². The minimum absolute atomic E-state index is 0.448. The quantitative estimate of drug-likeness (QED) is 0.260. The highest BCUT2D eigenvalue weighted by Crippen LogP contribution is 2.32. The number of pyridine rings is 1. The number of hydrogen-bond acceptors (Lipinski definition) is 8. The van der Waals surface area contributed by atoms with Crippen molar-refractivity contribution in [2.75, 3.05) is 6.61 Å². The number of hydrogen-bond donors (Lipinski definition) is 0. The molecule has 0 amide bonds. The summed E-state index contributed by atoms with van der Waals surface area (Å²) in [6.07, 6.45) is 3.50. The first-order chi connectivity index (χ1) is 17.1. The van der Waals surface area contributed by atoms with Crippen LogP contribution < -0.4 is 4.74 Å². The van der Waals surface area contributed by atoms with Crippen molar-refractivity contribution >= 4 is 11.8 Å². The summed E-state index contributed by atoms with van der Waals surface area (Å²) in [5, 5.41) is 13.9. The summed E-state index contributed by atoms with van der Waals surface area (Å²) in [7, 11) is 0. The van der Waals surface area contributed by atoms with Crippen LogP contribution in [-0.4, -0.2) is 36.5 Å². The molecule has 9 heteroatoms. The molecule has 0 bridgehead atoms. The van der Waals surface area contributed by atoms with Gasteiger partial charge in [0.1, 0.15) is 5.75 Å². The lowest BCUT2D eigenvalue weighted by molar-refractivity contribution is 0.341. The molecule has 0 fully saturated rings. The van der Waals surface area contributed by atoms with Crippen LogP contribution in [-0.2, 0) is 5.75 Å². The fourth-order valence-corrected chi connectivity index (χ4v) is 4.42. The first kappa shape index (κ1) is 22.8. The molecule has 0 aliphatic heterocycles. The van der Waals surface area contributed by atoms with Gasteiger partial charge in [-0.25, -0.2) is 0 Å². The summed E-state index contributed by atoms with van der Waals surface area (Å²) in [6.45, 7) is 6.70. The van der Waals surface area contributed by atoms with Crippen LogP contribution in [0.1, 0.15) is 23.9 Å². The summed E-state index contributed by atoms with van der Waals surface area (Å²) >= 11 is 1.49. The Hall–Kier alpha value is -3.98. The van der Waals surface area contributed by atoms with E-state index in [1.54, 1.807) is 12.4 Å². The van der Waals surface area contributed by atoms with E-state index in [1.807, 2.05) is 47.9 Å². The van der Waals surface area contributed by atoms with Crippen LogP contribution in [0.4, 0.5) is 0 Å². The van der Waals surface area contributed by atoms with Gasteiger partial charge in [-0.15, -0.1) is 10.2 Å². The van der Waals surface area contributed by atoms with E-state index in [-0.39, 0.29) is 0 Å². The van der Waals surface area contributed by atoms with E-state index >= 15 is 0 Å². The highest BCUT2D eigenvalue weighted by atomic mass is 32.2. The van der Waals surface area contributed by atoms with E-state index in [9.17, 15) is 0 Å². The van der Waals surface area contributed by atoms with E-state index < -0.39 is 0 Å². The van der Waals surface area contributed by atoms with E-state index in [2.05, 4.69) is 57.4 Å². The molecule has 0 radical (unpaired) electrons. The van der Waals surface area contributed by atoms with E-state index in [0.717, 1.165) is 33.5 Å². The molecule has 5 rings (SSSR count). The summed E-state index contributed by atoms with van der Waals surface area (Å²) in [5.74, 6) is 2.92.